The van der Waals surface area contributed by atoms with Crippen LogP contribution in [0.1, 0.15) is 12.0 Å². The fourth-order valence-corrected chi connectivity index (χ4v) is 1.98. The predicted octanol–water partition coefficient (Wildman–Crippen LogP) is 1.95. The highest BCUT2D eigenvalue weighted by Gasteiger charge is 2.33. The summed E-state index contributed by atoms with van der Waals surface area (Å²) in [5.41, 5.74) is -0.857. The minimum atomic E-state index is -4.48. The Hall–Kier alpha value is -1.31. The molecule has 0 aliphatic rings. The Labute approximate surface area is 103 Å². The second-order valence-electron chi connectivity index (χ2n) is 3.81. The zero-order valence-electron chi connectivity index (χ0n) is 9.66. The van der Waals surface area contributed by atoms with Crippen molar-refractivity contribution in [2.45, 2.75) is 12.6 Å². The molecular weight excluding hydrogens is 269 g/mol. The number of anilines is 1. The fourth-order valence-electron chi connectivity index (χ4n) is 1.32. The van der Waals surface area contributed by atoms with Gasteiger partial charge in [0.15, 0.2) is 0 Å². The van der Waals surface area contributed by atoms with Gasteiger partial charge in [-0.1, -0.05) is 0 Å². The van der Waals surface area contributed by atoms with Crippen molar-refractivity contribution in [3.05, 3.63) is 23.9 Å². The molecule has 0 saturated carbocycles. The second kappa shape index (κ2) is 5.55. The van der Waals surface area contributed by atoms with Crippen molar-refractivity contribution in [2.24, 2.45) is 0 Å². The number of aromatic nitrogens is 1. The molecule has 4 nitrogen and oxygen atoms in total. The number of hydrogen-bond donors (Lipinski definition) is 1. The van der Waals surface area contributed by atoms with Gasteiger partial charge < -0.3 is 5.32 Å². The van der Waals surface area contributed by atoms with E-state index in [9.17, 15) is 21.6 Å². The summed E-state index contributed by atoms with van der Waals surface area (Å²) in [6, 6.07) is 2.12. The van der Waals surface area contributed by atoms with Crippen LogP contribution in [0.3, 0.4) is 0 Å². The SMILES string of the molecule is CS(=O)(=O)CCCNc1ncccc1C(F)(F)F. The molecule has 0 radical (unpaired) electrons. The van der Waals surface area contributed by atoms with E-state index in [0.717, 1.165) is 12.3 Å². The van der Waals surface area contributed by atoms with E-state index in [2.05, 4.69) is 10.3 Å². The lowest BCUT2D eigenvalue weighted by molar-refractivity contribution is -0.137. The number of hydrogen-bond acceptors (Lipinski definition) is 4. The summed E-state index contributed by atoms with van der Waals surface area (Å²) in [6.07, 6.45) is -1.93. The van der Waals surface area contributed by atoms with Crippen molar-refractivity contribution >= 4 is 15.7 Å². The van der Waals surface area contributed by atoms with Crippen molar-refractivity contribution in [1.82, 2.24) is 4.98 Å². The van der Waals surface area contributed by atoms with Crippen molar-refractivity contribution in [1.29, 1.82) is 0 Å². The van der Waals surface area contributed by atoms with Gasteiger partial charge in [0, 0.05) is 19.0 Å². The van der Waals surface area contributed by atoms with Crippen molar-refractivity contribution in [2.75, 3.05) is 23.9 Å². The van der Waals surface area contributed by atoms with Crippen LogP contribution in [0.15, 0.2) is 18.3 Å². The molecule has 0 aliphatic carbocycles. The maximum Gasteiger partial charge on any atom is 0.419 e. The highest BCUT2D eigenvalue weighted by atomic mass is 32.2. The van der Waals surface area contributed by atoms with Gasteiger partial charge >= 0.3 is 6.18 Å². The van der Waals surface area contributed by atoms with Crippen LogP contribution in [0.2, 0.25) is 0 Å². The molecular formula is C10H13F3N2O2S. The molecule has 1 rings (SSSR count). The number of nitrogens with one attached hydrogen (secondary N) is 1. The van der Waals surface area contributed by atoms with Gasteiger partial charge in [0.2, 0.25) is 0 Å². The molecule has 1 aromatic rings. The van der Waals surface area contributed by atoms with E-state index < -0.39 is 21.6 Å². The van der Waals surface area contributed by atoms with Crippen molar-refractivity contribution < 1.29 is 21.6 Å². The van der Waals surface area contributed by atoms with Crippen LogP contribution < -0.4 is 5.32 Å². The van der Waals surface area contributed by atoms with Gasteiger partial charge in [-0.3, -0.25) is 0 Å². The first-order valence-corrected chi connectivity index (χ1v) is 7.20. The van der Waals surface area contributed by atoms with Crippen LogP contribution in [0.25, 0.3) is 0 Å². The summed E-state index contributed by atoms with van der Waals surface area (Å²) >= 11 is 0. The van der Waals surface area contributed by atoms with Gasteiger partial charge in [-0.15, -0.1) is 0 Å². The molecule has 0 unspecified atom stereocenters. The topological polar surface area (TPSA) is 59.1 Å². The molecule has 1 aromatic heterocycles. The Morgan fingerprint density at radius 1 is 1.39 bits per heavy atom. The number of nitrogens with zero attached hydrogens (tertiary/aromatic N) is 1. The summed E-state index contributed by atoms with van der Waals surface area (Å²) in [4.78, 5) is 3.60. The summed E-state index contributed by atoms with van der Waals surface area (Å²) in [7, 11) is -3.10. The van der Waals surface area contributed by atoms with Crippen LogP contribution in [0.5, 0.6) is 0 Å². The maximum atomic E-state index is 12.6. The van der Waals surface area contributed by atoms with E-state index in [0.29, 0.717) is 0 Å². The first kappa shape index (κ1) is 14.7. The second-order valence-corrected chi connectivity index (χ2v) is 6.07. The van der Waals surface area contributed by atoms with Gasteiger partial charge in [-0.05, 0) is 18.6 Å². The van der Waals surface area contributed by atoms with Crippen LogP contribution in [-0.4, -0.2) is 32.0 Å². The number of sulfone groups is 1. The Balaban J connectivity index is 2.63. The van der Waals surface area contributed by atoms with E-state index >= 15 is 0 Å². The normalized spacial score (nSPS) is 12.4. The maximum absolute atomic E-state index is 12.6. The van der Waals surface area contributed by atoms with Crippen molar-refractivity contribution in [3.63, 3.8) is 0 Å². The monoisotopic (exact) mass is 282 g/mol. The molecule has 0 atom stereocenters. The molecule has 0 bridgehead atoms. The quantitative estimate of drug-likeness (QED) is 0.839. The summed E-state index contributed by atoms with van der Waals surface area (Å²) < 4.78 is 59.4. The highest BCUT2D eigenvalue weighted by Crippen LogP contribution is 2.33. The summed E-state index contributed by atoms with van der Waals surface area (Å²) in [6.45, 7) is 0.118. The molecule has 0 fully saturated rings. The Kier molecular flexibility index (Phi) is 4.55. The summed E-state index contributed by atoms with van der Waals surface area (Å²) in [5, 5.41) is 2.50. The molecule has 102 valence electrons. The van der Waals surface area contributed by atoms with E-state index in [4.69, 9.17) is 0 Å². The van der Waals surface area contributed by atoms with E-state index in [1.54, 1.807) is 0 Å². The average molecular weight is 282 g/mol. The number of rotatable bonds is 5. The van der Waals surface area contributed by atoms with Crippen LogP contribution in [0, 0.1) is 0 Å². The largest absolute Gasteiger partial charge is 0.419 e. The molecule has 0 aliphatic heterocycles. The third-order valence-corrected chi connectivity index (χ3v) is 3.13. The first-order chi connectivity index (χ1) is 8.20. The van der Waals surface area contributed by atoms with Crippen LogP contribution >= 0.6 is 0 Å². The fraction of sp³-hybridized carbons (Fsp3) is 0.500. The lowest BCUT2D eigenvalue weighted by Gasteiger charge is -2.12. The molecule has 8 heteroatoms. The smallest absolute Gasteiger partial charge is 0.370 e. The molecule has 0 aromatic carbocycles. The standard InChI is InChI=1S/C10H13F3N2O2S/c1-18(16,17)7-3-6-15-9-8(10(11,12)13)4-2-5-14-9/h2,4-5H,3,6-7H2,1H3,(H,14,15). The van der Waals surface area contributed by atoms with Gasteiger partial charge in [0.1, 0.15) is 15.7 Å². The van der Waals surface area contributed by atoms with E-state index in [1.165, 1.54) is 12.3 Å². The Morgan fingerprint density at radius 2 is 2.06 bits per heavy atom. The third-order valence-electron chi connectivity index (χ3n) is 2.10. The highest BCUT2D eigenvalue weighted by molar-refractivity contribution is 7.90. The van der Waals surface area contributed by atoms with E-state index in [-0.39, 0.29) is 24.5 Å². The Bertz CT molecular complexity index is 500. The average Bonchev–Trinajstić information content (AvgIpc) is 2.22. The van der Waals surface area contributed by atoms with Crippen LogP contribution in [-0.2, 0) is 16.0 Å². The van der Waals surface area contributed by atoms with Gasteiger partial charge in [0.25, 0.3) is 0 Å². The van der Waals surface area contributed by atoms with Gasteiger partial charge in [0.05, 0.1) is 11.3 Å². The number of pyridine rings is 1. The lowest BCUT2D eigenvalue weighted by atomic mass is 10.2. The van der Waals surface area contributed by atoms with Crippen molar-refractivity contribution in [3.8, 4) is 0 Å². The third kappa shape index (κ3) is 4.91. The minimum Gasteiger partial charge on any atom is -0.370 e. The zero-order valence-corrected chi connectivity index (χ0v) is 10.5. The molecule has 0 spiro atoms. The molecule has 1 N–H and O–H groups in total. The predicted molar refractivity (Wildman–Crippen MR) is 62.1 cm³/mol. The first-order valence-electron chi connectivity index (χ1n) is 5.14. The van der Waals surface area contributed by atoms with Gasteiger partial charge in [-0.2, -0.15) is 13.2 Å². The molecule has 0 saturated heterocycles. The summed E-state index contributed by atoms with van der Waals surface area (Å²) in [5.74, 6) is -0.354. The number of alkyl halides is 3. The minimum absolute atomic E-state index is 0.0752. The lowest BCUT2D eigenvalue weighted by Crippen LogP contribution is -2.15. The molecule has 0 amide bonds. The molecule has 1 heterocycles. The van der Waals surface area contributed by atoms with Gasteiger partial charge in [-0.25, -0.2) is 13.4 Å². The molecule has 18 heavy (non-hydrogen) atoms. The van der Waals surface area contributed by atoms with E-state index in [1.807, 2.05) is 0 Å². The Morgan fingerprint density at radius 3 is 2.61 bits per heavy atom. The zero-order chi connectivity index (χ0) is 13.8. The van der Waals surface area contributed by atoms with Crippen LogP contribution in [0.4, 0.5) is 19.0 Å². The number of halogens is 3.